The van der Waals surface area contributed by atoms with Crippen molar-refractivity contribution < 1.29 is 37.4 Å². The zero-order chi connectivity index (χ0) is 28.3. The van der Waals surface area contributed by atoms with Crippen molar-refractivity contribution in [1.82, 2.24) is 14.9 Å². The summed E-state index contributed by atoms with van der Waals surface area (Å²) in [4.78, 5) is 30.3. The van der Waals surface area contributed by atoms with E-state index in [9.17, 15) is 27.5 Å². The van der Waals surface area contributed by atoms with Crippen LogP contribution in [0.1, 0.15) is 28.2 Å². The molecule has 1 aliphatic rings. The molecular formula is C28H25F4N3O4. The first-order chi connectivity index (χ1) is 18.4. The van der Waals surface area contributed by atoms with Crippen LogP contribution in [0.3, 0.4) is 0 Å². The normalized spacial score (nSPS) is 15.7. The molecule has 1 aliphatic heterocycles. The largest absolute Gasteiger partial charge is 0.490 e. The number of aryl methyl sites for hydroxylation is 1. The molecule has 1 saturated heterocycles. The summed E-state index contributed by atoms with van der Waals surface area (Å²) in [5.41, 5.74) is 6.52. The molecule has 4 aromatic rings. The number of aliphatic carboxylic acids is 1. The number of aromatic amines is 1. The molecule has 0 aliphatic carbocycles. The third-order valence-electron chi connectivity index (χ3n) is 6.33. The number of rotatable bonds is 5. The average molecular weight is 544 g/mol. The van der Waals surface area contributed by atoms with E-state index in [1.165, 1.54) is 5.56 Å². The number of halogens is 4. The molecule has 0 spiro atoms. The fraction of sp³-hybridized carbons (Fsp3) is 0.250. The second kappa shape index (κ2) is 11.2. The SMILES string of the molecule is Cc1nc2c(C(=O)O)cc(-c3ccc(-c4ccccc4CN4CCC(F)C4)cc3)cc2[nH]1.O=C(O)C(F)(F)F. The van der Waals surface area contributed by atoms with Crippen LogP contribution in [0.25, 0.3) is 33.3 Å². The average Bonchev–Trinajstić information content (AvgIpc) is 3.47. The molecule has 2 heterocycles. The van der Waals surface area contributed by atoms with Gasteiger partial charge in [-0.2, -0.15) is 13.2 Å². The number of hydrogen-bond acceptors (Lipinski definition) is 4. The van der Waals surface area contributed by atoms with E-state index < -0.39 is 24.3 Å². The summed E-state index contributed by atoms with van der Waals surface area (Å²) in [7, 11) is 0. The monoisotopic (exact) mass is 543 g/mol. The zero-order valence-corrected chi connectivity index (χ0v) is 20.8. The Bertz CT molecular complexity index is 1500. The summed E-state index contributed by atoms with van der Waals surface area (Å²) in [5.74, 6) is -3.07. The van der Waals surface area contributed by atoms with Gasteiger partial charge < -0.3 is 15.2 Å². The molecule has 0 saturated carbocycles. The van der Waals surface area contributed by atoms with Crippen molar-refractivity contribution in [2.45, 2.75) is 32.2 Å². The van der Waals surface area contributed by atoms with Gasteiger partial charge in [0.05, 0.1) is 11.1 Å². The van der Waals surface area contributed by atoms with Gasteiger partial charge in [-0.25, -0.2) is 19.0 Å². The Labute approximate surface area is 220 Å². The van der Waals surface area contributed by atoms with Crippen LogP contribution in [-0.4, -0.2) is 62.5 Å². The van der Waals surface area contributed by atoms with Gasteiger partial charge in [0.25, 0.3) is 0 Å². The van der Waals surface area contributed by atoms with E-state index >= 15 is 0 Å². The van der Waals surface area contributed by atoms with Crippen LogP contribution in [0.15, 0.2) is 60.7 Å². The van der Waals surface area contributed by atoms with Crippen LogP contribution >= 0.6 is 0 Å². The smallest absolute Gasteiger partial charge is 0.478 e. The second-order valence-corrected chi connectivity index (χ2v) is 9.21. The van der Waals surface area contributed by atoms with Gasteiger partial charge in [0.1, 0.15) is 17.5 Å². The summed E-state index contributed by atoms with van der Waals surface area (Å²) in [6.07, 6.45) is -5.21. The van der Waals surface area contributed by atoms with Gasteiger partial charge >= 0.3 is 18.1 Å². The number of imidazole rings is 1. The third kappa shape index (κ3) is 6.61. The number of nitrogens with zero attached hydrogens (tertiary/aromatic N) is 2. The Balaban J connectivity index is 0.000000448. The molecule has 0 radical (unpaired) electrons. The minimum Gasteiger partial charge on any atom is -0.478 e. The van der Waals surface area contributed by atoms with E-state index in [0.717, 1.165) is 35.3 Å². The van der Waals surface area contributed by atoms with Crippen molar-refractivity contribution in [1.29, 1.82) is 0 Å². The summed E-state index contributed by atoms with van der Waals surface area (Å²) in [6, 6.07) is 20.0. The third-order valence-corrected chi connectivity index (χ3v) is 6.33. The molecule has 3 aromatic carbocycles. The highest BCUT2D eigenvalue weighted by Crippen LogP contribution is 2.31. The number of benzene rings is 3. The van der Waals surface area contributed by atoms with Gasteiger partial charge in [-0.3, -0.25) is 4.90 Å². The van der Waals surface area contributed by atoms with Gasteiger partial charge in [-0.05, 0) is 53.3 Å². The first kappa shape index (κ1) is 27.8. The zero-order valence-electron chi connectivity index (χ0n) is 20.8. The summed E-state index contributed by atoms with van der Waals surface area (Å²) in [6.45, 7) is 3.83. The summed E-state index contributed by atoms with van der Waals surface area (Å²) in [5, 5.41) is 16.8. The summed E-state index contributed by atoms with van der Waals surface area (Å²) >= 11 is 0. The Hall–Kier alpha value is -4.25. The number of carboxylic acids is 2. The Morgan fingerprint density at radius 1 is 1.03 bits per heavy atom. The molecule has 5 rings (SSSR count). The number of likely N-dealkylation sites (tertiary alicyclic amines) is 1. The molecule has 11 heteroatoms. The standard InChI is InChI=1S/C26H24FN3O2.C2HF3O2/c1-16-28-24-13-20(12-23(26(31)32)25(24)29-16)17-6-8-18(9-7-17)22-5-3-2-4-19(22)14-30-11-10-21(27)15-30;3-2(4,5)1(6)7/h2-9,12-13,21H,10-11,14-15H2,1H3,(H,28,29)(H,31,32);(H,6,7). The first-order valence-electron chi connectivity index (χ1n) is 12.0. The van der Waals surface area contributed by atoms with Crippen molar-refractivity contribution in [3.63, 3.8) is 0 Å². The first-order valence-corrected chi connectivity index (χ1v) is 12.0. The lowest BCUT2D eigenvalue weighted by molar-refractivity contribution is -0.192. The maximum atomic E-state index is 13.6. The van der Waals surface area contributed by atoms with E-state index in [0.29, 0.717) is 29.8 Å². The molecule has 1 aromatic heterocycles. The quantitative estimate of drug-likeness (QED) is 0.264. The number of aromatic carboxylic acids is 1. The van der Waals surface area contributed by atoms with Crippen molar-refractivity contribution in [3.05, 3.63) is 77.6 Å². The molecule has 204 valence electrons. The maximum absolute atomic E-state index is 13.6. The lowest BCUT2D eigenvalue weighted by Gasteiger charge is -2.18. The van der Waals surface area contributed by atoms with Gasteiger partial charge in [-0.1, -0.05) is 48.5 Å². The highest BCUT2D eigenvalue weighted by molar-refractivity contribution is 6.03. The number of carbonyl (C=O) groups is 2. The molecule has 1 atom stereocenters. The van der Waals surface area contributed by atoms with Crippen LogP contribution in [0, 0.1) is 6.92 Å². The van der Waals surface area contributed by atoms with Crippen LogP contribution in [0.4, 0.5) is 17.6 Å². The molecule has 7 nitrogen and oxygen atoms in total. The van der Waals surface area contributed by atoms with E-state index in [1.54, 1.807) is 6.07 Å². The highest BCUT2D eigenvalue weighted by atomic mass is 19.4. The van der Waals surface area contributed by atoms with Crippen molar-refractivity contribution in [2.75, 3.05) is 13.1 Å². The molecule has 0 amide bonds. The molecule has 1 fully saturated rings. The Morgan fingerprint density at radius 2 is 1.67 bits per heavy atom. The number of alkyl halides is 4. The molecule has 3 N–H and O–H groups in total. The van der Waals surface area contributed by atoms with Gasteiger partial charge in [-0.15, -0.1) is 0 Å². The van der Waals surface area contributed by atoms with Gasteiger partial charge in [0.2, 0.25) is 0 Å². The number of carboxylic acid groups (broad SMARTS) is 2. The number of fused-ring (bicyclic) bond motifs is 1. The number of aromatic nitrogens is 2. The minimum absolute atomic E-state index is 0.188. The number of nitrogens with one attached hydrogen (secondary N) is 1. The van der Waals surface area contributed by atoms with Crippen LogP contribution in [0.2, 0.25) is 0 Å². The van der Waals surface area contributed by atoms with Crippen molar-refractivity contribution in [3.8, 4) is 22.3 Å². The molecule has 1 unspecified atom stereocenters. The lowest BCUT2D eigenvalue weighted by Crippen LogP contribution is -2.21. The van der Waals surface area contributed by atoms with Gasteiger partial charge in [0.15, 0.2) is 0 Å². The molecule has 0 bridgehead atoms. The lowest BCUT2D eigenvalue weighted by atomic mass is 9.96. The van der Waals surface area contributed by atoms with E-state index in [-0.39, 0.29) is 5.56 Å². The fourth-order valence-corrected chi connectivity index (χ4v) is 4.52. The Kier molecular flexibility index (Phi) is 8.01. The van der Waals surface area contributed by atoms with Crippen molar-refractivity contribution >= 4 is 23.0 Å². The van der Waals surface area contributed by atoms with E-state index in [1.807, 2.05) is 37.3 Å². The van der Waals surface area contributed by atoms with Crippen LogP contribution in [-0.2, 0) is 11.3 Å². The highest BCUT2D eigenvalue weighted by Gasteiger charge is 2.38. The number of hydrogen-bond donors (Lipinski definition) is 3. The van der Waals surface area contributed by atoms with E-state index in [2.05, 4.69) is 39.1 Å². The predicted octanol–water partition coefficient (Wildman–Crippen LogP) is 6.08. The maximum Gasteiger partial charge on any atom is 0.490 e. The second-order valence-electron chi connectivity index (χ2n) is 9.21. The minimum atomic E-state index is -5.08. The topological polar surface area (TPSA) is 107 Å². The molecular weight excluding hydrogens is 518 g/mol. The van der Waals surface area contributed by atoms with Crippen molar-refractivity contribution in [2.24, 2.45) is 0 Å². The Morgan fingerprint density at radius 3 is 2.26 bits per heavy atom. The van der Waals surface area contributed by atoms with Crippen LogP contribution in [0.5, 0.6) is 0 Å². The van der Waals surface area contributed by atoms with Gasteiger partial charge in [0, 0.05) is 19.6 Å². The van der Waals surface area contributed by atoms with E-state index in [4.69, 9.17) is 9.90 Å². The molecule has 39 heavy (non-hydrogen) atoms. The summed E-state index contributed by atoms with van der Waals surface area (Å²) < 4.78 is 45.3. The number of H-pyrrole nitrogens is 1. The predicted molar refractivity (Wildman–Crippen MR) is 137 cm³/mol. The fourth-order valence-electron chi connectivity index (χ4n) is 4.52. The van der Waals surface area contributed by atoms with Crippen LogP contribution < -0.4 is 0 Å².